The van der Waals surface area contributed by atoms with Gasteiger partial charge in [-0.1, -0.05) is 13.8 Å². The van der Waals surface area contributed by atoms with Crippen LogP contribution in [-0.4, -0.2) is 61.0 Å². The van der Waals surface area contributed by atoms with Gasteiger partial charge in [-0.15, -0.1) is 0 Å². The predicted octanol–water partition coefficient (Wildman–Crippen LogP) is 1.48. The van der Waals surface area contributed by atoms with E-state index in [1.807, 2.05) is 13.8 Å². The van der Waals surface area contributed by atoms with Gasteiger partial charge in [0.2, 0.25) is 0 Å². The van der Waals surface area contributed by atoms with Crippen molar-refractivity contribution in [3.8, 4) is 0 Å². The van der Waals surface area contributed by atoms with Crippen molar-refractivity contribution in [3.05, 3.63) is 0 Å². The lowest BCUT2D eigenvalue weighted by Gasteiger charge is -2.33. The summed E-state index contributed by atoms with van der Waals surface area (Å²) < 4.78 is 5.44. The first-order chi connectivity index (χ1) is 8.97. The van der Waals surface area contributed by atoms with Gasteiger partial charge in [0, 0.05) is 12.6 Å². The molecule has 1 rings (SSSR count). The maximum absolute atomic E-state index is 9.91. The van der Waals surface area contributed by atoms with E-state index >= 15 is 0 Å². The molecular weight excluding hydrogens is 240 g/mol. The van der Waals surface area contributed by atoms with Crippen molar-refractivity contribution < 1.29 is 9.84 Å². The minimum absolute atomic E-state index is 0.197. The first-order valence-electron chi connectivity index (χ1n) is 7.72. The zero-order valence-electron chi connectivity index (χ0n) is 13.1. The highest BCUT2D eigenvalue weighted by atomic mass is 16.5. The van der Waals surface area contributed by atoms with E-state index in [2.05, 4.69) is 24.1 Å². The van der Waals surface area contributed by atoms with Crippen LogP contribution in [0.2, 0.25) is 0 Å². The Hall–Kier alpha value is -0.160. The molecule has 0 spiro atoms. The molecule has 1 aliphatic heterocycles. The highest BCUT2D eigenvalue weighted by Crippen LogP contribution is 2.16. The van der Waals surface area contributed by atoms with Crippen LogP contribution < -0.4 is 5.32 Å². The van der Waals surface area contributed by atoms with Crippen LogP contribution in [0.5, 0.6) is 0 Å². The fourth-order valence-electron chi connectivity index (χ4n) is 2.43. The SMILES string of the molecule is CC(C)NCC1CCN(CC(O)COC(C)C)CC1. The third-order valence-electron chi connectivity index (χ3n) is 3.61. The Labute approximate surface area is 118 Å². The number of β-amino-alcohol motifs (C(OH)–C–C–N with tert-alkyl or cyclic N) is 1. The average Bonchev–Trinajstić information content (AvgIpc) is 2.35. The topological polar surface area (TPSA) is 44.7 Å². The molecule has 0 aromatic heterocycles. The maximum atomic E-state index is 9.91. The summed E-state index contributed by atoms with van der Waals surface area (Å²) in [5.74, 6) is 0.794. The van der Waals surface area contributed by atoms with Gasteiger partial charge < -0.3 is 20.1 Å². The molecule has 0 aliphatic carbocycles. The van der Waals surface area contributed by atoms with E-state index in [0.29, 0.717) is 12.6 Å². The Morgan fingerprint density at radius 1 is 1.21 bits per heavy atom. The van der Waals surface area contributed by atoms with Gasteiger partial charge in [-0.3, -0.25) is 0 Å². The van der Waals surface area contributed by atoms with Crippen LogP contribution >= 0.6 is 0 Å². The number of nitrogens with one attached hydrogen (secondary N) is 1. The van der Waals surface area contributed by atoms with Gasteiger partial charge >= 0.3 is 0 Å². The predicted molar refractivity (Wildman–Crippen MR) is 79.4 cm³/mol. The maximum Gasteiger partial charge on any atom is 0.0900 e. The molecular formula is C15H32N2O2. The van der Waals surface area contributed by atoms with E-state index in [-0.39, 0.29) is 12.2 Å². The second-order valence-electron chi connectivity index (χ2n) is 6.34. The fraction of sp³-hybridized carbons (Fsp3) is 1.00. The first kappa shape index (κ1) is 16.9. The first-order valence-corrected chi connectivity index (χ1v) is 7.72. The number of hydrogen-bond acceptors (Lipinski definition) is 4. The average molecular weight is 272 g/mol. The Balaban J connectivity index is 2.12. The Kier molecular flexibility index (Phi) is 7.91. The summed E-state index contributed by atoms with van der Waals surface area (Å²) in [6.07, 6.45) is 2.31. The number of ether oxygens (including phenoxy) is 1. The van der Waals surface area contributed by atoms with Gasteiger partial charge in [-0.2, -0.15) is 0 Å². The molecule has 0 saturated carbocycles. The molecule has 2 N–H and O–H groups in total. The second kappa shape index (κ2) is 8.90. The van der Waals surface area contributed by atoms with E-state index in [1.165, 1.54) is 12.8 Å². The number of aliphatic hydroxyl groups excluding tert-OH is 1. The molecule has 4 heteroatoms. The molecule has 1 saturated heterocycles. The lowest BCUT2D eigenvalue weighted by atomic mass is 9.96. The summed E-state index contributed by atoms with van der Waals surface area (Å²) in [7, 11) is 0. The zero-order chi connectivity index (χ0) is 14.3. The van der Waals surface area contributed by atoms with Crippen LogP contribution in [0.25, 0.3) is 0 Å². The van der Waals surface area contributed by atoms with Gasteiger partial charge in [-0.05, 0) is 52.2 Å². The van der Waals surface area contributed by atoms with E-state index in [9.17, 15) is 5.11 Å². The number of likely N-dealkylation sites (tertiary alicyclic amines) is 1. The number of rotatable bonds is 8. The van der Waals surface area contributed by atoms with Crippen molar-refractivity contribution in [1.82, 2.24) is 10.2 Å². The summed E-state index contributed by atoms with van der Waals surface area (Å²) in [5.41, 5.74) is 0. The molecule has 0 bridgehead atoms. The van der Waals surface area contributed by atoms with Crippen LogP contribution in [0.3, 0.4) is 0 Å². The van der Waals surface area contributed by atoms with Crippen molar-refractivity contribution in [3.63, 3.8) is 0 Å². The molecule has 1 atom stereocenters. The molecule has 4 nitrogen and oxygen atoms in total. The van der Waals surface area contributed by atoms with Crippen LogP contribution in [0, 0.1) is 5.92 Å². The smallest absolute Gasteiger partial charge is 0.0900 e. The van der Waals surface area contributed by atoms with Crippen molar-refractivity contribution in [2.45, 2.75) is 58.8 Å². The van der Waals surface area contributed by atoms with Gasteiger partial charge in [0.1, 0.15) is 0 Å². The van der Waals surface area contributed by atoms with Crippen molar-refractivity contribution in [2.24, 2.45) is 5.92 Å². The summed E-state index contributed by atoms with van der Waals surface area (Å²) in [6, 6.07) is 0.577. The number of hydrogen-bond donors (Lipinski definition) is 2. The summed E-state index contributed by atoms with van der Waals surface area (Å²) in [6.45, 7) is 12.9. The quantitative estimate of drug-likeness (QED) is 0.702. The van der Waals surface area contributed by atoms with Gasteiger partial charge in [-0.25, -0.2) is 0 Å². The molecule has 1 heterocycles. The molecule has 0 amide bonds. The molecule has 1 unspecified atom stereocenters. The molecule has 1 fully saturated rings. The molecule has 1 aliphatic rings. The summed E-state index contributed by atoms with van der Waals surface area (Å²) in [5, 5.41) is 13.4. The van der Waals surface area contributed by atoms with Crippen molar-refractivity contribution in [1.29, 1.82) is 0 Å². The van der Waals surface area contributed by atoms with E-state index < -0.39 is 0 Å². The van der Waals surface area contributed by atoms with Gasteiger partial charge in [0.05, 0.1) is 18.8 Å². The Morgan fingerprint density at radius 3 is 2.37 bits per heavy atom. The monoisotopic (exact) mass is 272 g/mol. The van der Waals surface area contributed by atoms with E-state index in [4.69, 9.17) is 4.74 Å². The number of aliphatic hydroxyl groups is 1. The van der Waals surface area contributed by atoms with Crippen molar-refractivity contribution in [2.75, 3.05) is 32.8 Å². The van der Waals surface area contributed by atoms with Crippen LogP contribution in [0.1, 0.15) is 40.5 Å². The van der Waals surface area contributed by atoms with Gasteiger partial charge in [0.15, 0.2) is 0 Å². The summed E-state index contributed by atoms with van der Waals surface area (Å²) >= 11 is 0. The molecule has 0 aromatic rings. The van der Waals surface area contributed by atoms with Crippen LogP contribution in [0.4, 0.5) is 0 Å². The molecule has 19 heavy (non-hydrogen) atoms. The third kappa shape index (κ3) is 7.88. The largest absolute Gasteiger partial charge is 0.389 e. The molecule has 0 radical (unpaired) electrons. The Bertz CT molecular complexity index is 226. The number of nitrogens with zero attached hydrogens (tertiary/aromatic N) is 1. The number of piperidine rings is 1. The lowest BCUT2D eigenvalue weighted by Crippen LogP contribution is -2.42. The lowest BCUT2D eigenvalue weighted by molar-refractivity contribution is -0.0124. The van der Waals surface area contributed by atoms with Crippen LogP contribution in [-0.2, 0) is 4.74 Å². The molecule has 0 aromatic carbocycles. The van der Waals surface area contributed by atoms with E-state index in [1.54, 1.807) is 0 Å². The summed E-state index contributed by atoms with van der Waals surface area (Å²) in [4.78, 5) is 2.36. The van der Waals surface area contributed by atoms with Crippen molar-refractivity contribution >= 4 is 0 Å². The Morgan fingerprint density at radius 2 is 1.84 bits per heavy atom. The second-order valence-corrected chi connectivity index (χ2v) is 6.34. The highest BCUT2D eigenvalue weighted by molar-refractivity contribution is 4.76. The zero-order valence-corrected chi connectivity index (χ0v) is 13.1. The normalized spacial score (nSPS) is 20.4. The minimum Gasteiger partial charge on any atom is -0.389 e. The van der Waals surface area contributed by atoms with Crippen LogP contribution in [0.15, 0.2) is 0 Å². The van der Waals surface area contributed by atoms with E-state index in [0.717, 1.165) is 32.1 Å². The standard InChI is InChI=1S/C15H32N2O2/c1-12(2)16-9-14-5-7-17(8-6-14)10-15(18)11-19-13(3)4/h12-16,18H,5-11H2,1-4H3. The fourth-order valence-corrected chi connectivity index (χ4v) is 2.43. The molecule has 114 valence electrons. The third-order valence-corrected chi connectivity index (χ3v) is 3.61. The minimum atomic E-state index is -0.354. The van der Waals surface area contributed by atoms with Gasteiger partial charge in [0.25, 0.3) is 0 Å². The highest BCUT2D eigenvalue weighted by Gasteiger charge is 2.21.